The summed E-state index contributed by atoms with van der Waals surface area (Å²) in [6, 6.07) is 13.9. The SMILES string of the molecule is CC(C)N1CCN(c2ccc(-c3nccc4c3C=C(CN3CCOCC3)C4)cc2)CC1.Clc1nccc2c1C=C(CN1CCOCC1)C2. The first-order chi connectivity index (χ1) is 23.5. The Labute approximate surface area is 291 Å². The third kappa shape index (κ3) is 8.02. The van der Waals surface area contributed by atoms with Gasteiger partial charge in [-0.25, -0.2) is 4.98 Å². The Morgan fingerprint density at radius 3 is 1.77 bits per heavy atom. The van der Waals surface area contributed by atoms with Gasteiger partial charge in [0, 0.05) is 106 Å². The zero-order chi connectivity index (χ0) is 32.9. The van der Waals surface area contributed by atoms with Gasteiger partial charge in [0.1, 0.15) is 5.15 Å². The number of nitrogens with zero attached hydrogens (tertiary/aromatic N) is 6. The number of hydrogen-bond acceptors (Lipinski definition) is 8. The fourth-order valence-corrected chi connectivity index (χ4v) is 7.70. The van der Waals surface area contributed by atoms with Gasteiger partial charge in [-0.15, -0.1) is 0 Å². The molecule has 0 N–H and O–H groups in total. The third-order valence-corrected chi connectivity index (χ3v) is 10.6. The van der Waals surface area contributed by atoms with Gasteiger partial charge in [-0.05, 0) is 62.1 Å². The van der Waals surface area contributed by atoms with Crippen LogP contribution < -0.4 is 4.90 Å². The standard InChI is InChI=1S/C26H34N4O.C13H15ClN2O/c1-20(2)29-9-11-30(12-10-29)24-5-3-22(4-6-24)26-25-18-21(17-23(25)7-8-27-26)19-28-13-15-31-16-14-28;14-13-12-8-10(7-11(12)1-2-15-13)9-16-3-5-17-6-4-16/h3-8,18,20H,9-17,19H2,1-2H3;1-2,8H,3-7,9H2. The first-order valence-corrected chi connectivity index (χ1v) is 18.1. The van der Waals surface area contributed by atoms with Crippen molar-refractivity contribution in [3.8, 4) is 11.3 Å². The number of ether oxygens (including phenoxy) is 2. The molecule has 254 valence electrons. The van der Waals surface area contributed by atoms with Crippen LogP contribution in [0.15, 0.2) is 59.9 Å². The molecule has 0 radical (unpaired) electrons. The molecule has 8 nitrogen and oxygen atoms in total. The topological polar surface area (TPSA) is 57.2 Å². The van der Waals surface area contributed by atoms with E-state index in [9.17, 15) is 0 Å². The number of morpholine rings is 2. The Morgan fingerprint density at radius 1 is 0.667 bits per heavy atom. The van der Waals surface area contributed by atoms with Crippen LogP contribution in [-0.2, 0) is 22.3 Å². The summed E-state index contributed by atoms with van der Waals surface area (Å²) in [5, 5.41) is 0.625. The minimum Gasteiger partial charge on any atom is -0.379 e. The fourth-order valence-electron chi connectivity index (χ4n) is 7.47. The zero-order valence-electron chi connectivity index (χ0n) is 28.5. The highest BCUT2D eigenvalue weighted by molar-refractivity contribution is 6.31. The predicted octanol–water partition coefficient (Wildman–Crippen LogP) is 5.56. The second-order valence-electron chi connectivity index (χ2n) is 13.8. The highest BCUT2D eigenvalue weighted by Gasteiger charge is 2.23. The van der Waals surface area contributed by atoms with E-state index in [-0.39, 0.29) is 0 Å². The number of hydrogen-bond donors (Lipinski definition) is 0. The van der Waals surface area contributed by atoms with E-state index >= 15 is 0 Å². The zero-order valence-corrected chi connectivity index (χ0v) is 29.3. The van der Waals surface area contributed by atoms with E-state index in [0.717, 1.165) is 116 Å². The van der Waals surface area contributed by atoms with Crippen LogP contribution in [0.1, 0.15) is 36.1 Å². The summed E-state index contributed by atoms with van der Waals surface area (Å²) in [6.45, 7) is 18.7. The summed E-state index contributed by atoms with van der Waals surface area (Å²) in [5.74, 6) is 0. The molecule has 2 aliphatic carbocycles. The van der Waals surface area contributed by atoms with E-state index < -0.39 is 0 Å². The molecule has 0 bridgehead atoms. The van der Waals surface area contributed by atoms with E-state index in [1.54, 1.807) is 6.20 Å². The van der Waals surface area contributed by atoms with Crippen molar-refractivity contribution >= 4 is 29.4 Å². The maximum Gasteiger partial charge on any atom is 0.136 e. The quantitative estimate of drug-likeness (QED) is 0.304. The highest BCUT2D eigenvalue weighted by Crippen LogP contribution is 2.34. The van der Waals surface area contributed by atoms with Gasteiger partial charge in [0.2, 0.25) is 0 Å². The lowest BCUT2D eigenvalue weighted by atomic mass is 10.0. The molecule has 8 rings (SSSR count). The van der Waals surface area contributed by atoms with Crippen molar-refractivity contribution in [2.75, 3.05) is 96.8 Å². The van der Waals surface area contributed by atoms with Crippen LogP contribution in [0.3, 0.4) is 0 Å². The predicted molar refractivity (Wildman–Crippen MR) is 196 cm³/mol. The Bertz CT molecular complexity index is 1600. The summed E-state index contributed by atoms with van der Waals surface area (Å²) in [7, 11) is 0. The minimum absolute atomic E-state index is 0.625. The molecule has 0 saturated carbocycles. The van der Waals surface area contributed by atoms with Crippen LogP contribution >= 0.6 is 11.6 Å². The van der Waals surface area contributed by atoms with Crippen LogP contribution in [0.2, 0.25) is 5.15 Å². The van der Waals surface area contributed by atoms with E-state index in [0.29, 0.717) is 11.2 Å². The second-order valence-corrected chi connectivity index (χ2v) is 14.2. The van der Waals surface area contributed by atoms with Crippen molar-refractivity contribution in [3.63, 3.8) is 0 Å². The van der Waals surface area contributed by atoms with Crippen molar-refractivity contribution in [3.05, 3.63) is 87.3 Å². The molecule has 3 aliphatic heterocycles. The molecule has 3 aromatic rings. The molecule has 1 aromatic carbocycles. The van der Waals surface area contributed by atoms with Gasteiger partial charge in [-0.1, -0.05) is 47.0 Å². The Balaban J connectivity index is 0.000000180. The Kier molecular flexibility index (Phi) is 10.9. The average Bonchev–Trinajstić information content (AvgIpc) is 3.74. The maximum absolute atomic E-state index is 6.09. The molecule has 0 spiro atoms. The fraction of sp³-hybridized carbons (Fsp3) is 0.487. The van der Waals surface area contributed by atoms with Gasteiger partial charge in [-0.2, -0.15) is 0 Å². The van der Waals surface area contributed by atoms with Crippen molar-refractivity contribution in [1.29, 1.82) is 0 Å². The molecule has 0 atom stereocenters. The molecule has 5 heterocycles. The smallest absolute Gasteiger partial charge is 0.136 e. The summed E-state index contributed by atoms with van der Waals surface area (Å²) < 4.78 is 10.8. The lowest BCUT2D eigenvalue weighted by Crippen LogP contribution is -2.48. The molecule has 9 heteroatoms. The minimum atomic E-state index is 0.625. The average molecular weight is 669 g/mol. The number of anilines is 1. The molecular weight excluding hydrogens is 620 g/mol. The van der Waals surface area contributed by atoms with E-state index in [1.807, 2.05) is 6.20 Å². The first-order valence-electron chi connectivity index (χ1n) is 17.7. The Morgan fingerprint density at radius 2 is 1.21 bits per heavy atom. The monoisotopic (exact) mass is 668 g/mol. The van der Waals surface area contributed by atoms with E-state index in [2.05, 4.69) is 87.0 Å². The largest absolute Gasteiger partial charge is 0.379 e. The third-order valence-electron chi connectivity index (χ3n) is 10.3. The van der Waals surface area contributed by atoms with Gasteiger partial charge < -0.3 is 14.4 Å². The maximum atomic E-state index is 6.09. The van der Waals surface area contributed by atoms with E-state index in [1.165, 1.54) is 39.1 Å². The van der Waals surface area contributed by atoms with Gasteiger partial charge >= 0.3 is 0 Å². The Hall–Kier alpha value is -3.11. The van der Waals surface area contributed by atoms with Crippen molar-refractivity contribution in [1.82, 2.24) is 24.7 Å². The number of piperazine rings is 1. The molecule has 3 fully saturated rings. The van der Waals surface area contributed by atoms with Gasteiger partial charge in [0.15, 0.2) is 0 Å². The lowest BCUT2D eigenvalue weighted by Gasteiger charge is -2.38. The van der Waals surface area contributed by atoms with Crippen LogP contribution in [0, 0.1) is 0 Å². The summed E-state index contributed by atoms with van der Waals surface area (Å²) in [5.41, 5.74) is 11.7. The van der Waals surface area contributed by atoms with Gasteiger partial charge in [-0.3, -0.25) is 19.7 Å². The van der Waals surface area contributed by atoms with E-state index in [4.69, 9.17) is 26.1 Å². The summed E-state index contributed by atoms with van der Waals surface area (Å²) >= 11 is 6.09. The first kappa shape index (κ1) is 33.4. The summed E-state index contributed by atoms with van der Waals surface area (Å²) in [4.78, 5) is 18.9. The number of rotatable bonds is 7. The second kappa shape index (κ2) is 15.6. The number of pyridine rings is 2. The van der Waals surface area contributed by atoms with Crippen LogP contribution in [0.4, 0.5) is 5.69 Å². The molecule has 0 amide bonds. The number of fused-ring (bicyclic) bond motifs is 2. The number of aromatic nitrogens is 2. The van der Waals surface area contributed by atoms with Crippen molar-refractivity contribution in [2.24, 2.45) is 0 Å². The van der Waals surface area contributed by atoms with Crippen LogP contribution in [0.25, 0.3) is 23.4 Å². The molecular formula is C39H49ClN6O2. The normalized spacial score (nSPS) is 20.2. The molecule has 3 saturated heterocycles. The molecule has 5 aliphatic rings. The number of halogens is 1. The van der Waals surface area contributed by atoms with Crippen LogP contribution in [-0.4, -0.2) is 123 Å². The molecule has 48 heavy (non-hydrogen) atoms. The number of benzene rings is 1. The van der Waals surface area contributed by atoms with Gasteiger partial charge in [0.05, 0.1) is 32.1 Å². The lowest BCUT2D eigenvalue weighted by molar-refractivity contribution is 0.0421. The molecule has 0 unspecified atom stereocenters. The molecule has 2 aromatic heterocycles. The van der Waals surface area contributed by atoms with Crippen molar-refractivity contribution in [2.45, 2.75) is 32.7 Å². The van der Waals surface area contributed by atoms with Gasteiger partial charge in [0.25, 0.3) is 0 Å². The highest BCUT2D eigenvalue weighted by atomic mass is 35.5. The van der Waals surface area contributed by atoms with Crippen molar-refractivity contribution < 1.29 is 9.47 Å². The summed E-state index contributed by atoms with van der Waals surface area (Å²) in [6.07, 6.45) is 10.4. The van der Waals surface area contributed by atoms with Crippen LogP contribution in [0.5, 0.6) is 0 Å².